The van der Waals surface area contributed by atoms with Crippen LogP contribution in [0.3, 0.4) is 0 Å². The number of nitrogens with zero attached hydrogens (tertiary/aromatic N) is 2. The van der Waals surface area contributed by atoms with Crippen molar-refractivity contribution in [3.8, 4) is 16.9 Å². The van der Waals surface area contributed by atoms with Gasteiger partial charge in [-0.25, -0.2) is 4.98 Å². The third-order valence-electron chi connectivity index (χ3n) is 2.76. The number of hydrogen-bond acceptors (Lipinski definition) is 4. The zero-order valence-electron chi connectivity index (χ0n) is 10.5. The SMILES string of the molecule is Clc1ncc(COc2cnccc2-c2ccccc2)s1. The van der Waals surface area contributed by atoms with Crippen LogP contribution in [0.1, 0.15) is 4.88 Å². The lowest BCUT2D eigenvalue weighted by Gasteiger charge is -2.10. The van der Waals surface area contributed by atoms with Crippen molar-refractivity contribution in [2.24, 2.45) is 0 Å². The molecule has 0 bridgehead atoms. The number of halogens is 1. The van der Waals surface area contributed by atoms with Gasteiger partial charge in [0.1, 0.15) is 12.4 Å². The Balaban J connectivity index is 1.83. The second kappa shape index (κ2) is 6.03. The molecule has 5 heteroatoms. The maximum absolute atomic E-state index is 5.84. The van der Waals surface area contributed by atoms with E-state index >= 15 is 0 Å². The van der Waals surface area contributed by atoms with Crippen LogP contribution in [-0.2, 0) is 6.61 Å². The second-order valence-corrected chi connectivity index (χ2v) is 5.80. The Bertz CT molecular complexity index is 700. The number of hydrogen-bond donors (Lipinski definition) is 0. The first-order valence-electron chi connectivity index (χ1n) is 6.05. The van der Waals surface area contributed by atoms with Crippen LogP contribution in [0.2, 0.25) is 4.47 Å². The molecule has 0 radical (unpaired) electrons. The monoisotopic (exact) mass is 302 g/mol. The molecule has 0 amide bonds. The van der Waals surface area contributed by atoms with Crippen LogP contribution in [0.5, 0.6) is 5.75 Å². The molecule has 100 valence electrons. The summed E-state index contributed by atoms with van der Waals surface area (Å²) in [5.74, 6) is 0.753. The van der Waals surface area contributed by atoms with Crippen LogP contribution < -0.4 is 4.74 Å². The van der Waals surface area contributed by atoms with Gasteiger partial charge in [-0.15, -0.1) is 11.3 Å². The van der Waals surface area contributed by atoms with Crippen molar-refractivity contribution < 1.29 is 4.74 Å². The van der Waals surface area contributed by atoms with Crippen molar-refractivity contribution in [1.82, 2.24) is 9.97 Å². The molecule has 0 aliphatic heterocycles. The number of aromatic nitrogens is 2. The molecule has 3 nitrogen and oxygen atoms in total. The van der Waals surface area contributed by atoms with Crippen molar-refractivity contribution in [3.05, 3.63) is 64.3 Å². The molecule has 0 N–H and O–H groups in total. The Kier molecular flexibility index (Phi) is 3.95. The Morgan fingerprint density at radius 1 is 1.10 bits per heavy atom. The average Bonchev–Trinajstić information content (AvgIpc) is 2.92. The summed E-state index contributed by atoms with van der Waals surface area (Å²) >= 11 is 7.23. The normalized spacial score (nSPS) is 10.4. The van der Waals surface area contributed by atoms with E-state index in [1.807, 2.05) is 36.4 Å². The van der Waals surface area contributed by atoms with Gasteiger partial charge < -0.3 is 4.74 Å². The average molecular weight is 303 g/mol. The van der Waals surface area contributed by atoms with Gasteiger partial charge in [0.05, 0.1) is 11.1 Å². The Morgan fingerprint density at radius 2 is 1.95 bits per heavy atom. The molecule has 0 saturated carbocycles. The molecule has 1 aromatic carbocycles. The van der Waals surface area contributed by atoms with Gasteiger partial charge in [0, 0.05) is 18.0 Å². The summed E-state index contributed by atoms with van der Waals surface area (Å²) in [6, 6.07) is 12.0. The van der Waals surface area contributed by atoms with E-state index in [-0.39, 0.29) is 0 Å². The van der Waals surface area contributed by atoms with E-state index in [0.717, 1.165) is 21.8 Å². The fraction of sp³-hybridized carbons (Fsp3) is 0.0667. The number of rotatable bonds is 4. The van der Waals surface area contributed by atoms with Gasteiger partial charge in [0.25, 0.3) is 0 Å². The van der Waals surface area contributed by atoms with E-state index in [0.29, 0.717) is 11.1 Å². The standard InChI is InChI=1S/C15H11ClN2OS/c16-15-18-8-12(20-15)10-19-14-9-17-7-6-13(14)11-4-2-1-3-5-11/h1-9H,10H2. The summed E-state index contributed by atoms with van der Waals surface area (Å²) in [5, 5.41) is 0. The minimum absolute atomic E-state index is 0.440. The molecule has 20 heavy (non-hydrogen) atoms. The van der Waals surface area contributed by atoms with Gasteiger partial charge in [-0.1, -0.05) is 41.9 Å². The van der Waals surface area contributed by atoms with Gasteiger partial charge in [0.15, 0.2) is 4.47 Å². The van der Waals surface area contributed by atoms with Crippen molar-refractivity contribution in [2.45, 2.75) is 6.61 Å². The molecule has 0 aliphatic rings. The summed E-state index contributed by atoms with van der Waals surface area (Å²) in [6.45, 7) is 0.440. The van der Waals surface area contributed by atoms with Crippen LogP contribution in [0, 0.1) is 0 Å². The molecule has 2 aromatic heterocycles. The van der Waals surface area contributed by atoms with Crippen LogP contribution >= 0.6 is 22.9 Å². The van der Waals surface area contributed by atoms with E-state index in [1.165, 1.54) is 11.3 Å². The van der Waals surface area contributed by atoms with E-state index in [1.54, 1.807) is 18.6 Å². The smallest absolute Gasteiger partial charge is 0.183 e. The fourth-order valence-electron chi connectivity index (χ4n) is 1.85. The van der Waals surface area contributed by atoms with Crippen molar-refractivity contribution in [2.75, 3.05) is 0 Å². The number of thiazole rings is 1. The molecule has 2 heterocycles. The molecular weight excluding hydrogens is 292 g/mol. The highest BCUT2D eigenvalue weighted by atomic mass is 35.5. The minimum atomic E-state index is 0.440. The number of pyridine rings is 1. The molecule has 0 fully saturated rings. The number of benzene rings is 1. The van der Waals surface area contributed by atoms with Crippen LogP contribution in [0.25, 0.3) is 11.1 Å². The maximum atomic E-state index is 5.84. The first kappa shape index (κ1) is 13.1. The Labute approximate surface area is 125 Å². The molecule has 0 saturated heterocycles. The molecule has 3 aromatic rings. The zero-order chi connectivity index (χ0) is 13.8. The summed E-state index contributed by atoms with van der Waals surface area (Å²) < 4.78 is 6.37. The van der Waals surface area contributed by atoms with Crippen LogP contribution in [0.15, 0.2) is 55.0 Å². The van der Waals surface area contributed by atoms with Crippen molar-refractivity contribution >= 4 is 22.9 Å². The summed E-state index contributed by atoms with van der Waals surface area (Å²) in [4.78, 5) is 9.11. The Morgan fingerprint density at radius 3 is 2.70 bits per heavy atom. The predicted octanol–water partition coefficient (Wildman–Crippen LogP) is 4.44. The third kappa shape index (κ3) is 2.98. The summed E-state index contributed by atoms with van der Waals surface area (Å²) in [6.07, 6.45) is 5.22. The van der Waals surface area contributed by atoms with Gasteiger partial charge in [0.2, 0.25) is 0 Å². The van der Waals surface area contributed by atoms with Crippen LogP contribution in [0.4, 0.5) is 0 Å². The Hall–Kier alpha value is -1.91. The second-order valence-electron chi connectivity index (χ2n) is 4.11. The third-order valence-corrected chi connectivity index (χ3v) is 3.85. The summed E-state index contributed by atoms with van der Waals surface area (Å²) in [7, 11) is 0. The zero-order valence-corrected chi connectivity index (χ0v) is 12.1. The molecule has 0 unspecified atom stereocenters. The van der Waals surface area contributed by atoms with E-state index < -0.39 is 0 Å². The first-order valence-corrected chi connectivity index (χ1v) is 7.25. The first-order chi connectivity index (χ1) is 9.83. The molecule has 0 atom stereocenters. The van der Waals surface area contributed by atoms with Crippen molar-refractivity contribution in [1.29, 1.82) is 0 Å². The molecule has 3 rings (SSSR count). The quantitative estimate of drug-likeness (QED) is 0.715. The van der Waals surface area contributed by atoms with Gasteiger partial charge in [-0.2, -0.15) is 0 Å². The van der Waals surface area contributed by atoms with E-state index in [4.69, 9.17) is 16.3 Å². The molecule has 0 aliphatic carbocycles. The van der Waals surface area contributed by atoms with Gasteiger partial charge in [-0.3, -0.25) is 4.98 Å². The predicted molar refractivity (Wildman–Crippen MR) is 81.1 cm³/mol. The lowest BCUT2D eigenvalue weighted by molar-refractivity contribution is 0.309. The topological polar surface area (TPSA) is 35.0 Å². The maximum Gasteiger partial charge on any atom is 0.183 e. The van der Waals surface area contributed by atoms with Crippen molar-refractivity contribution in [3.63, 3.8) is 0 Å². The highest BCUT2D eigenvalue weighted by molar-refractivity contribution is 7.15. The largest absolute Gasteiger partial charge is 0.486 e. The van der Waals surface area contributed by atoms with E-state index in [2.05, 4.69) is 9.97 Å². The summed E-state index contributed by atoms with van der Waals surface area (Å²) in [5.41, 5.74) is 2.13. The molecular formula is C15H11ClN2OS. The van der Waals surface area contributed by atoms with Gasteiger partial charge in [-0.05, 0) is 11.6 Å². The number of ether oxygens (including phenoxy) is 1. The van der Waals surface area contributed by atoms with Gasteiger partial charge >= 0.3 is 0 Å². The minimum Gasteiger partial charge on any atom is -0.486 e. The lowest BCUT2D eigenvalue weighted by Crippen LogP contribution is -1.95. The lowest BCUT2D eigenvalue weighted by atomic mass is 10.1. The highest BCUT2D eigenvalue weighted by Gasteiger charge is 2.07. The van der Waals surface area contributed by atoms with E-state index in [9.17, 15) is 0 Å². The highest BCUT2D eigenvalue weighted by Crippen LogP contribution is 2.29. The fourth-order valence-corrected chi connectivity index (χ4v) is 2.74. The van der Waals surface area contributed by atoms with Crippen LogP contribution in [-0.4, -0.2) is 9.97 Å². The molecule has 0 spiro atoms.